The Bertz CT molecular complexity index is 221. The van der Waals surface area contributed by atoms with Crippen LogP contribution in [0.5, 0.6) is 0 Å². The lowest BCUT2D eigenvalue weighted by molar-refractivity contribution is -0.137. The van der Waals surface area contributed by atoms with Crippen LogP contribution in [-0.2, 0) is 19.1 Å². The minimum Gasteiger partial charge on any atom is -0.385 e. The Morgan fingerprint density at radius 1 is 1.25 bits per heavy atom. The Balaban J connectivity index is 3.65. The van der Waals surface area contributed by atoms with Gasteiger partial charge in [0, 0.05) is 34.4 Å². The standard InChI is InChI=1S/C10H20N2O4/c1-12(10(14)8-16-3)7-9(13)11-5-4-6-15-2/h4-8H2,1-3H3,(H,11,13). The Morgan fingerprint density at radius 3 is 2.50 bits per heavy atom. The van der Waals surface area contributed by atoms with Gasteiger partial charge in [-0.3, -0.25) is 9.59 Å². The number of amides is 2. The van der Waals surface area contributed by atoms with E-state index in [1.807, 2.05) is 0 Å². The molecule has 0 unspecified atom stereocenters. The van der Waals surface area contributed by atoms with Crippen LogP contribution in [0, 0.1) is 0 Å². The van der Waals surface area contributed by atoms with E-state index in [0.717, 1.165) is 6.42 Å². The van der Waals surface area contributed by atoms with Crippen LogP contribution in [0.3, 0.4) is 0 Å². The van der Waals surface area contributed by atoms with Gasteiger partial charge in [0.25, 0.3) is 0 Å². The molecule has 0 atom stereocenters. The molecule has 1 N–H and O–H groups in total. The van der Waals surface area contributed by atoms with Crippen molar-refractivity contribution in [2.24, 2.45) is 0 Å². The molecule has 0 aliphatic carbocycles. The summed E-state index contributed by atoms with van der Waals surface area (Å²) in [6, 6.07) is 0. The minimum atomic E-state index is -0.213. The van der Waals surface area contributed by atoms with E-state index in [1.54, 1.807) is 14.2 Å². The highest BCUT2D eigenvalue weighted by Crippen LogP contribution is 1.86. The van der Waals surface area contributed by atoms with Crippen LogP contribution in [-0.4, -0.2) is 64.3 Å². The predicted octanol–water partition coefficient (Wildman–Crippen LogP) is -0.756. The van der Waals surface area contributed by atoms with Crippen molar-refractivity contribution >= 4 is 11.8 Å². The molecule has 16 heavy (non-hydrogen) atoms. The Hall–Kier alpha value is -1.14. The van der Waals surface area contributed by atoms with Gasteiger partial charge in [0.1, 0.15) is 6.61 Å². The maximum absolute atomic E-state index is 11.3. The topological polar surface area (TPSA) is 67.9 Å². The third-order valence-electron chi connectivity index (χ3n) is 1.92. The van der Waals surface area contributed by atoms with Gasteiger partial charge in [-0.25, -0.2) is 0 Å². The van der Waals surface area contributed by atoms with Crippen molar-refractivity contribution in [1.82, 2.24) is 10.2 Å². The fourth-order valence-electron chi connectivity index (χ4n) is 1.04. The number of nitrogens with zero attached hydrogens (tertiary/aromatic N) is 1. The van der Waals surface area contributed by atoms with Gasteiger partial charge in [0.05, 0.1) is 6.54 Å². The molecule has 0 aromatic carbocycles. The molecule has 0 rings (SSSR count). The normalized spacial score (nSPS) is 9.94. The summed E-state index contributed by atoms with van der Waals surface area (Å²) in [6.07, 6.45) is 0.762. The van der Waals surface area contributed by atoms with Crippen LogP contribution in [0.2, 0.25) is 0 Å². The average Bonchev–Trinajstić information content (AvgIpc) is 2.24. The zero-order valence-electron chi connectivity index (χ0n) is 10.1. The van der Waals surface area contributed by atoms with Gasteiger partial charge in [-0.2, -0.15) is 0 Å². The predicted molar refractivity (Wildman–Crippen MR) is 59.0 cm³/mol. The number of hydrogen-bond acceptors (Lipinski definition) is 4. The molecule has 0 aliphatic rings. The molecule has 0 aromatic rings. The number of ether oxygens (including phenoxy) is 2. The van der Waals surface area contributed by atoms with E-state index < -0.39 is 0 Å². The van der Waals surface area contributed by atoms with E-state index in [2.05, 4.69) is 10.1 Å². The van der Waals surface area contributed by atoms with Crippen LogP contribution in [0.15, 0.2) is 0 Å². The van der Waals surface area contributed by atoms with Crippen molar-refractivity contribution in [2.75, 3.05) is 47.6 Å². The summed E-state index contributed by atoms with van der Waals surface area (Å²) in [5, 5.41) is 2.69. The van der Waals surface area contributed by atoms with Crippen molar-refractivity contribution in [3.63, 3.8) is 0 Å². The molecule has 2 amide bonds. The second-order valence-electron chi connectivity index (χ2n) is 3.38. The number of rotatable bonds is 8. The second-order valence-corrected chi connectivity index (χ2v) is 3.38. The van der Waals surface area contributed by atoms with E-state index in [-0.39, 0.29) is 25.0 Å². The SMILES string of the molecule is COCCCNC(=O)CN(C)C(=O)COC. The summed E-state index contributed by atoms with van der Waals surface area (Å²) in [7, 11) is 4.62. The van der Waals surface area contributed by atoms with Crippen LogP contribution < -0.4 is 5.32 Å². The maximum Gasteiger partial charge on any atom is 0.248 e. The quantitative estimate of drug-likeness (QED) is 0.559. The third kappa shape index (κ3) is 7.19. The molecule has 0 fully saturated rings. The van der Waals surface area contributed by atoms with Crippen molar-refractivity contribution in [3.05, 3.63) is 0 Å². The van der Waals surface area contributed by atoms with Crippen LogP contribution in [0.25, 0.3) is 0 Å². The molecule has 6 heteroatoms. The van der Waals surface area contributed by atoms with Crippen LogP contribution >= 0.6 is 0 Å². The lowest BCUT2D eigenvalue weighted by Crippen LogP contribution is -2.40. The Labute approximate surface area is 95.9 Å². The largest absolute Gasteiger partial charge is 0.385 e. The van der Waals surface area contributed by atoms with Crippen molar-refractivity contribution in [2.45, 2.75) is 6.42 Å². The Kier molecular flexibility index (Phi) is 8.46. The van der Waals surface area contributed by atoms with Crippen LogP contribution in [0.1, 0.15) is 6.42 Å². The number of hydrogen-bond donors (Lipinski definition) is 1. The Morgan fingerprint density at radius 2 is 1.94 bits per heavy atom. The van der Waals surface area contributed by atoms with Crippen molar-refractivity contribution in [1.29, 1.82) is 0 Å². The van der Waals surface area contributed by atoms with Gasteiger partial charge in [0.2, 0.25) is 11.8 Å². The first-order valence-electron chi connectivity index (χ1n) is 5.10. The van der Waals surface area contributed by atoms with Gasteiger partial charge in [0.15, 0.2) is 0 Å². The van der Waals surface area contributed by atoms with Gasteiger partial charge < -0.3 is 19.7 Å². The number of nitrogens with one attached hydrogen (secondary N) is 1. The zero-order valence-corrected chi connectivity index (χ0v) is 10.1. The van der Waals surface area contributed by atoms with E-state index in [1.165, 1.54) is 12.0 Å². The first-order valence-corrected chi connectivity index (χ1v) is 5.10. The van der Waals surface area contributed by atoms with Crippen molar-refractivity contribution in [3.8, 4) is 0 Å². The molecule has 0 bridgehead atoms. The fourth-order valence-corrected chi connectivity index (χ4v) is 1.04. The first-order chi connectivity index (χ1) is 7.61. The number of likely N-dealkylation sites (N-methyl/N-ethyl adjacent to an activating group) is 1. The molecule has 94 valence electrons. The lowest BCUT2D eigenvalue weighted by Gasteiger charge is -2.16. The molecule has 0 saturated heterocycles. The number of carbonyl (C=O) groups excluding carboxylic acids is 2. The highest BCUT2D eigenvalue weighted by Gasteiger charge is 2.11. The van der Waals surface area contributed by atoms with E-state index in [0.29, 0.717) is 13.2 Å². The molecule has 0 aromatic heterocycles. The van der Waals surface area contributed by atoms with Gasteiger partial charge >= 0.3 is 0 Å². The molecule has 0 heterocycles. The highest BCUT2D eigenvalue weighted by molar-refractivity contribution is 5.85. The maximum atomic E-state index is 11.3. The smallest absolute Gasteiger partial charge is 0.248 e. The molecule has 0 aliphatic heterocycles. The van der Waals surface area contributed by atoms with Gasteiger partial charge in [-0.05, 0) is 6.42 Å². The third-order valence-corrected chi connectivity index (χ3v) is 1.92. The monoisotopic (exact) mass is 232 g/mol. The van der Waals surface area contributed by atoms with Crippen molar-refractivity contribution < 1.29 is 19.1 Å². The first kappa shape index (κ1) is 14.9. The lowest BCUT2D eigenvalue weighted by atomic mass is 10.4. The highest BCUT2D eigenvalue weighted by atomic mass is 16.5. The van der Waals surface area contributed by atoms with E-state index >= 15 is 0 Å². The molecule has 6 nitrogen and oxygen atoms in total. The van der Waals surface area contributed by atoms with Crippen LogP contribution in [0.4, 0.5) is 0 Å². The zero-order chi connectivity index (χ0) is 12.4. The summed E-state index contributed by atoms with van der Waals surface area (Å²) in [5.74, 6) is -0.391. The number of methoxy groups -OCH3 is 2. The number of carbonyl (C=O) groups is 2. The molecule has 0 saturated carbocycles. The minimum absolute atomic E-state index is 0.00649. The second kappa shape index (κ2) is 9.11. The fraction of sp³-hybridized carbons (Fsp3) is 0.800. The molecular formula is C10H20N2O4. The average molecular weight is 232 g/mol. The van der Waals surface area contributed by atoms with Gasteiger partial charge in [-0.1, -0.05) is 0 Å². The molecule has 0 radical (unpaired) electrons. The summed E-state index contributed by atoms with van der Waals surface area (Å²) in [6.45, 7) is 1.21. The molecular weight excluding hydrogens is 212 g/mol. The van der Waals surface area contributed by atoms with E-state index in [9.17, 15) is 9.59 Å². The molecule has 0 spiro atoms. The van der Waals surface area contributed by atoms with Gasteiger partial charge in [-0.15, -0.1) is 0 Å². The summed E-state index contributed by atoms with van der Waals surface area (Å²) >= 11 is 0. The van der Waals surface area contributed by atoms with E-state index in [4.69, 9.17) is 4.74 Å². The summed E-state index contributed by atoms with van der Waals surface area (Å²) in [5.41, 5.74) is 0. The summed E-state index contributed by atoms with van der Waals surface area (Å²) in [4.78, 5) is 23.9. The summed E-state index contributed by atoms with van der Waals surface area (Å²) < 4.78 is 9.52.